The Kier molecular flexibility index (Phi) is 5.62. The number of nitro groups is 1. The molecule has 1 heterocycles. The fourth-order valence-corrected chi connectivity index (χ4v) is 3.84. The van der Waals surface area contributed by atoms with Crippen LogP contribution in [-0.4, -0.2) is 27.4 Å². The first kappa shape index (κ1) is 19.1. The number of amides is 1. The molecule has 0 unspecified atom stereocenters. The van der Waals surface area contributed by atoms with E-state index in [0.717, 1.165) is 0 Å². The number of amidine groups is 1. The van der Waals surface area contributed by atoms with Crippen LogP contribution in [0.2, 0.25) is 5.02 Å². The van der Waals surface area contributed by atoms with E-state index in [4.69, 9.17) is 11.6 Å². The van der Waals surface area contributed by atoms with E-state index in [1.165, 1.54) is 17.8 Å². The number of aryl methyl sites for hydroxylation is 1. The smallest absolute Gasteiger partial charge is 0.272 e. The molecule has 0 bridgehead atoms. The van der Waals surface area contributed by atoms with Crippen molar-refractivity contribution in [1.29, 1.82) is 0 Å². The summed E-state index contributed by atoms with van der Waals surface area (Å²) < 4.78 is 0. The Morgan fingerprint density at radius 1 is 1.30 bits per heavy atom. The summed E-state index contributed by atoms with van der Waals surface area (Å²) in [5.74, 6) is -0.175. The molecule has 0 aliphatic carbocycles. The highest BCUT2D eigenvalue weighted by Crippen LogP contribution is 2.35. The monoisotopic (exact) mass is 401 g/mol. The van der Waals surface area contributed by atoms with Crippen molar-refractivity contribution >= 4 is 51.9 Å². The second kappa shape index (κ2) is 7.94. The summed E-state index contributed by atoms with van der Waals surface area (Å²) in [7, 11) is 0. The Hall–Kier alpha value is -2.64. The van der Waals surface area contributed by atoms with E-state index >= 15 is 0 Å². The molecule has 0 aromatic heterocycles. The Balaban J connectivity index is 1.96. The summed E-state index contributed by atoms with van der Waals surface area (Å²) in [4.78, 5) is 30.0. The summed E-state index contributed by atoms with van der Waals surface area (Å²) in [6.07, 6.45) is 1.66. The Morgan fingerprint density at radius 3 is 2.74 bits per heavy atom. The van der Waals surface area contributed by atoms with Crippen molar-refractivity contribution < 1.29 is 9.72 Å². The molecule has 1 aliphatic heterocycles. The fraction of sp³-hybridized carbons (Fsp3) is 0.158. The van der Waals surface area contributed by atoms with E-state index in [1.807, 2.05) is 13.0 Å². The first-order valence-electron chi connectivity index (χ1n) is 8.19. The van der Waals surface area contributed by atoms with Gasteiger partial charge in [0.1, 0.15) is 0 Å². The largest absolute Gasteiger partial charge is 0.287 e. The second-order valence-corrected chi connectivity index (χ2v) is 7.28. The molecule has 1 aliphatic rings. The molecule has 2 aromatic rings. The maximum Gasteiger partial charge on any atom is 0.272 e. The topological polar surface area (TPSA) is 75.8 Å². The minimum Gasteiger partial charge on any atom is -0.287 e. The van der Waals surface area contributed by atoms with Gasteiger partial charge in [-0.25, -0.2) is 4.99 Å². The SMILES string of the molecule is CCN1C(=O)/C(=C\c2ccc(C)c([N+](=O)[O-])c2)SC1=Nc1cccc(Cl)c1. The maximum absolute atomic E-state index is 12.7. The van der Waals surface area contributed by atoms with Crippen LogP contribution in [0.4, 0.5) is 11.4 Å². The van der Waals surface area contributed by atoms with E-state index in [2.05, 4.69) is 4.99 Å². The van der Waals surface area contributed by atoms with Gasteiger partial charge in [-0.1, -0.05) is 29.8 Å². The van der Waals surface area contributed by atoms with Gasteiger partial charge in [-0.15, -0.1) is 0 Å². The predicted octanol–water partition coefficient (Wildman–Crippen LogP) is 5.18. The van der Waals surface area contributed by atoms with Gasteiger partial charge in [0.05, 0.1) is 15.5 Å². The van der Waals surface area contributed by atoms with Crippen molar-refractivity contribution in [1.82, 2.24) is 4.90 Å². The van der Waals surface area contributed by atoms with Crippen LogP contribution in [0.3, 0.4) is 0 Å². The number of carbonyl (C=O) groups excluding carboxylic acids is 1. The van der Waals surface area contributed by atoms with Gasteiger partial charge in [-0.05, 0) is 55.4 Å². The van der Waals surface area contributed by atoms with Crippen molar-refractivity contribution in [2.45, 2.75) is 13.8 Å². The summed E-state index contributed by atoms with van der Waals surface area (Å²) in [6, 6.07) is 12.0. The number of likely N-dealkylation sites (N-methyl/N-ethyl adjacent to an activating group) is 1. The van der Waals surface area contributed by atoms with Crippen LogP contribution in [0.25, 0.3) is 6.08 Å². The van der Waals surface area contributed by atoms with Crippen molar-refractivity contribution in [2.75, 3.05) is 6.54 Å². The van der Waals surface area contributed by atoms with Crippen LogP contribution in [-0.2, 0) is 4.79 Å². The molecule has 0 N–H and O–H groups in total. The molecule has 3 rings (SSSR count). The number of thioether (sulfide) groups is 1. The molecule has 6 nitrogen and oxygen atoms in total. The lowest BCUT2D eigenvalue weighted by Crippen LogP contribution is -2.28. The van der Waals surface area contributed by atoms with Gasteiger partial charge in [-0.2, -0.15) is 0 Å². The average molecular weight is 402 g/mol. The number of hydrogen-bond donors (Lipinski definition) is 0. The molecule has 0 atom stereocenters. The Labute approximate surface area is 165 Å². The molecule has 2 aromatic carbocycles. The van der Waals surface area contributed by atoms with Crippen LogP contribution >= 0.6 is 23.4 Å². The molecule has 27 heavy (non-hydrogen) atoms. The maximum atomic E-state index is 12.7. The van der Waals surface area contributed by atoms with Crippen LogP contribution in [0.5, 0.6) is 0 Å². The van der Waals surface area contributed by atoms with Gasteiger partial charge in [-0.3, -0.25) is 19.8 Å². The van der Waals surface area contributed by atoms with E-state index in [9.17, 15) is 14.9 Å². The van der Waals surface area contributed by atoms with Crippen molar-refractivity contribution in [3.05, 3.63) is 73.6 Å². The lowest BCUT2D eigenvalue weighted by atomic mass is 10.1. The number of aliphatic imine (C=N–C) groups is 1. The zero-order chi connectivity index (χ0) is 19.6. The van der Waals surface area contributed by atoms with Crippen molar-refractivity contribution in [3.63, 3.8) is 0 Å². The van der Waals surface area contributed by atoms with Crippen molar-refractivity contribution in [2.24, 2.45) is 4.99 Å². The minimum atomic E-state index is -0.425. The van der Waals surface area contributed by atoms with Gasteiger partial charge in [0.25, 0.3) is 11.6 Å². The van der Waals surface area contributed by atoms with Gasteiger partial charge < -0.3 is 0 Å². The first-order chi connectivity index (χ1) is 12.9. The molecule has 0 radical (unpaired) electrons. The van der Waals surface area contributed by atoms with Crippen LogP contribution in [0.1, 0.15) is 18.1 Å². The molecule has 1 amide bonds. The number of halogens is 1. The zero-order valence-corrected chi connectivity index (χ0v) is 16.3. The third-order valence-corrected chi connectivity index (χ3v) is 5.21. The quantitative estimate of drug-likeness (QED) is 0.401. The van der Waals surface area contributed by atoms with Gasteiger partial charge in [0.15, 0.2) is 5.17 Å². The van der Waals surface area contributed by atoms with Crippen LogP contribution in [0, 0.1) is 17.0 Å². The molecule has 1 fully saturated rings. The highest BCUT2D eigenvalue weighted by Gasteiger charge is 2.32. The average Bonchev–Trinajstić information content (AvgIpc) is 2.91. The number of hydrogen-bond acceptors (Lipinski definition) is 5. The van der Waals surface area contributed by atoms with E-state index in [0.29, 0.717) is 38.5 Å². The Morgan fingerprint density at radius 2 is 2.07 bits per heavy atom. The third-order valence-electron chi connectivity index (χ3n) is 3.96. The number of carbonyl (C=O) groups is 1. The molecule has 138 valence electrons. The normalized spacial score (nSPS) is 17.1. The molecule has 8 heteroatoms. The summed E-state index contributed by atoms with van der Waals surface area (Å²) in [5, 5.41) is 12.3. The third kappa shape index (κ3) is 4.20. The second-order valence-electron chi connectivity index (χ2n) is 5.84. The molecule has 0 spiro atoms. The van der Waals surface area contributed by atoms with Gasteiger partial charge in [0, 0.05) is 23.2 Å². The van der Waals surface area contributed by atoms with E-state index < -0.39 is 4.92 Å². The number of rotatable bonds is 4. The predicted molar refractivity (Wildman–Crippen MR) is 109 cm³/mol. The lowest BCUT2D eigenvalue weighted by Gasteiger charge is -2.12. The summed E-state index contributed by atoms with van der Waals surface area (Å²) in [6.45, 7) is 4.02. The minimum absolute atomic E-state index is 0.0277. The van der Waals surface area contributed by atoms with E-state index in [1.54, 1.807) is 48.2 Å². The number of nitro benzene ring substituents is 1. The number of nitrogens with zero attached hydrogens (tertiary/aromatic N) is 3. The zero-order valence-electron chi connectivity index (χ0n) is 14.7. The van der Waals surface area contributed by atoms with Gasteiger partial charge >= 0.3 is 0 Å². The summed E-state index contributed by atoms with van der Waals surface area (Å²) in [5.41, 5.74) is 1.86. The highest BCUT2D eigenvalue weighted by molar-refractivity contribution is 8.18. The van der Waals surface area contributed by atoms with Crippen LogP contribution < -0.4 is 0 Å². The molecule has 1 saturated heterocycles. The number of benzene rings is 2. The first-order valence-corrected chi connectivity index (χ1v) is 9.39. The fourth-order valence-electron chi connectivity index (χ4n) is 2.59. The van der Waals surface area contributed by atoms with Crippen LogP contribution in [0.15, 0.2) is 52.4 Å². The lowest BCUT2D eigenvalue weighted by molar-refractivity contribution is -0.385. The molecule has 0 saturated carbocycles. The standard InChI is InChI=1S/C19H16ClN3O3S/c1-3-22-18(24)17(10-13-8-7-12(2)16(9-13)23(25)26)27-19(22)21-15-6-4-5-14(20)11-15/h4-11H,3H2,1-2H3/b17-10+,21-19?. The molecular weight excluding hydrogens is 386 g/mol. The Bertz CT molecular complexity index is 988. The molecular formula is C19H16ClN3O3S. The van der Waals surface area contributed by atoms with Gasteiger partial charge in [0.2, 0.25) is 0 Å². The highest BCUT2D eigenvalue weighted by atomic mass is 35.5. The van der Waals surface area contributed by atoms with E-state index in [-0.39, 0.29) is 11.6 Å². The van der Waals surface area contributed by atoms with Crippen molar-refractivity contribution in [3.8, 4) is 0 Å². The summed E-state index contributed by atoms with van der Waals surface area (Å²) >= 11 is 7.24.